The SMILES string of the molecule is Fc1ccc(CC(Cl)c2cc(Cl)c(Br)cc2F)cc1. The van der Waals surface area contributed by atoms with Gasteiger partial charge in [0.15, 0.2) is 0 Å². The molecule has 0 aliphatic rings. The van der Waals surface area contributed by atoms with Gasteiger partial charge in [-0.15, -0.1) is 11.6 Å². The summed E-state index contributed by atoms with van der Waals surface area (Å²) in [5.41, 5.74) is 1.17. The van der Waals surface area contributed by atoms with Crippen LogP contribution >= 0.6 is 39.1 Å². The molecule has 1 atom stereocenters. The highest BCUT2D eigenvalue weighted by Gasteiger charge is 2.16. The van der Waals surface area contributed by atoms with Crippen molar-refractivity contribution >= 4 is 39.1 Å². The first-order valence-corrected chi connectivity index (χ1v) is 7.11. The van der Waals surface area contributed by atoms with Crippen LogP contribution in [0.2, 0.25) is 5.02 Å². The average Bonchev–Trinajstić information content (AvgIpc) is 2.36. The highest BCUT2D eigenvalue weighted by atomic mass is 79.9. The fourth-order valence-corrected chi connectivity index (χ4v) is 2.55. The molecule has 0 heterocycles. The van der Waals surface area contributed by atoms with E-state index in [1.54, 1.807) is 12.1 Å². The Morgan fingerprint density at radius 3 is 2.37 bits per heavy atom. The summed E-state index contributed by atoms with van der Waals surface area (Å²) in [6.07, 6.45) is 0.400. The van der Waals surface area contributed by atoms with Crippen molar-refractivity contribution in [1.82, 2.24) is 0 Å². The summed E-state index contributed by atoms with van der Waals surface area (Å²) in [5.74, 6) is -0.730. The maximum absolute atomic E-state index is 13.8. The monoisotopic (exact) mass is 364 g/mol. The minimum absolute atomic E-state index is 0.312. The summed E-state index contributed by atoms with van der Waals surface area (Å²) in [7, 11) is 0. The molecule has 100 valence electrons. The number of benzene rings is 2. The smallest absolute Gasteiger partial charge is 0.129 e. The predicted molar refractivity (Wildman–Crippen MR) is 77.8 cm³/mol. The fraction of sp³-hybridized carbons (Fsp3) is 0.143. The van der Waals surface area contributed by atoms with Crippen LogP contribution in [0.4, 0.5) is 8.78 Å². The Kier molecular flexibility index (Phi) is 4.82. The van der Waals surface area contributed by atoms with E-state index in [1.165, 1.54) is 24.3 Å². The zero-order valence-electron chi connectivity index (χ0n) is 9.64. The van der Waals surface area contributed by atoms with Crippen molar-refractivity contribution in [2.24, 2.45) is 0 Å². The fourth-order valence-electron chi connectivity index (χ4n) is 1.72. The van der Waals surface area contributed by atoms with Crippen LogP contribution in [0, 0.1) is 11.6 Å². The van der Waals surface area contributed by atoms with Gasteiger partial charge in [0.05, 0.1) is 10.4 Å². The lowest BCUT2D eigenvalue weighted by Gasteiger charge is -2.12. The quantitative estimate of drug-likeness (QED) is 0.469. The van der Waals surface area contributed by atoms with Gasteiger partial charge < -0.3 is 0 Å². The summed E-state index contributed by atoms with van der Waals surface area (Å²) in [6, 6.07) is 8.75. The van der Waals surface area contributed by atoms with Gasteiger partial charge in [-0.05, 0) is 52.2 Å². The van der Waals surface area contributed by atoms with Gasteiger partial charge in [-0.3, -0.25) is 0 Å². The van der Waals surface area contributed by atoms with Crippen molar-refractivity contribution in [3.63, 3.8) is 0 Å². The van der Waals surface area contributed by atoms with Crippen LogP contribution in [-0.4, -0.2) is 0 Å². The van der Waals surface area contributed by atoms with E-state index in [0.717, 1.165) is 5.56 Å². The van der Waals surface area contributed by atoms with Gasteiger partial charge in [-0.2, -0.15) is 0 Å². The molecular weight excluding hydrogens is 357 g/mol. The van der Waals surface area contributed by atoms with Crippen molar-refractivity contribution in [3.05, 3.63) is 68.7 Å². The zero-order valence-corrected chi connectivity index (χ0v) is 12.7. The molecular formula is C14H9BrCl2F2. The van der Waals surface area contributed by atoms with Crippen LogP contribution in [0.25, 0.3) is 0 Å². The second-order valence-electron chi connectivity index (χ2n) is 4.09. The number of hydrogen-bond acceptors (Lipinski definition) is 0. The van der Waals surface area contributed by atoms with Gasteiger partial charge in [-0.25, -0.2) is 8.78 Å². The Morgan fingerprint density at radius 1 is 1.11 bits per heavy atom. The van der Waals surface area contributed by atoms with Crippen LogP contribution in [0.1, 0.15) is 16.5 Å². The highest BCUT2D eigenvalue weighted by molar-refractivity contribution is 9.10. The highest BCUT2D eigenvalue weighted by Crippen LogP contribution is 2.33. The first-order chi connectivity index (χ1) is 8.97. The standard InChI is InChI=1S/C14H9BrCl2F2/c15-11-7-14(19)10(6-13(11)17)12(16)5-8-1-3-9(18)4-2-8/h1-4,6-7,12H,5H2. The van der Waals surface area contributed by atoms with Crippen molar-refractivity contribution in [2.45, 2.75) is 11.8 Å². The third kappa shape index (κ3) is 3.68. The lowest BCUT2D eigenvalue weighted by atomic mass is 10.0. The Bertz CT molecular complexity index is 585. The molecule has 0 fully saturated rings. The summed E-state index contributed by atoms with van der Waals surface area (Å²) in [4.78, 5) is 0. The molecule has 0 radical (unpaired) electrons. The molecule has 0 saturated carbocycles. The molecule has 0 bridgehead atoms. The second-order valence-corrected chi connectivity index (χ2v) is 5.87. The zero-order chi connectivity index (χ0) is 14.0. The maximum Gasteiger partial charge on any atom is 0.129 e. The summed E-state index contributed by atoms with van der Waals surface area (Å²) >= 11 is 15.3. The van der Waals surface area contributed by atoms with E-state index in [-0.39, 0.29) is 5.82 Å². The van der Waals surface area contributed by atoms with Crippen molar-refractivity contribution in [2.75, 3.05) is 0 Å². The number of halogens is 5. The third-order valence-corrected chi connectivity index (χ3v) is 4.29. The van der Waals surface area contributed by atoms with Gasteiger partial charge in [0.25, 0.3) is 0 Å². The molecule has 0 spiro atoms. The van der Waals surface area contributed by atoms with Crippen molar-refractivity contribution < 1.29 is 8.78 Å². The van der Waals surface area contributed by atoms with Gasteiger partial charge in [0, 0.05) is 10.0 Å². The third-order valence-electron chi connectivity index (χ3n) is 2.71. The lowest BCUT2D eigenvalue weighted by molar-refractivity contribution is 0.604. The summed E-state index contributed by atoms with van der Waals surface area (Å²) in [6.45, 7) is 0. The van der Waals surface area contributed by atoms with E-state index in [4.69, 9.17) is 23.2 Å². The molecule has 0 aromatic heterocycles. The molecule has 2 rings (SSSR count). The molecule has 0 aliphatic carbocycles. The number of hydrogen-bond donors (Lipinski definition) is 0. The summed E-state index contributed by atoms with van der Waals surface area (Å²) in [5, 5.41) is -0.155. The van der Waals surface area contributed by atoms with Gasteiger partial charge >= 0.3 is 0 Å². The molecule has 1 unspecified atom stereocenters. The molecule has 5 heteroatoms. The van der Waals surface area contributed by atoms with Gasteiger partial charge in [0.1, 0.15) is 11.6 Å². The molecule has 2 aromatic carbocycles. The van der Waals surface area contributed by atoms with Crippen LogP contribution in [0.15, 0.2) is 40.9 Å². The van der Waals surface area contributed by atoms with Gasteiger partial charge in [0.2, 0.25) is 0 Å². The molecule has 19 heavy (non-hydrogen) atoms. The van der Waals surface area contributed by atoms with Crippen LogP contribution in [0.5, 0.6) is 0 Å². The predicted octanol–water partition coefficient (Wildman–Crippen LogP) is 5.90. The minimum atomic E-state index is -0.559. The average molecular weight is 366 g/mol. The van der Waals surface area contributed by atoms with E-state index in [9.17, 15) is 8.78 Å². The maximum atomic E-state index is 13.8. The van der Waals surface area contributed by atoms with Crippen molar-refractivity contribution in [1.29, 1.82) is 0 Å². The van der Waals surface area contributed by atoms with E-state index < -0.39 is 11.2 Å². The minimum Gasteiger partial charge on any atom is -0.207 e. The molecule has 2 aromatic rings. The number of rotatable bonds is 3. The summed E-state index contributed by atoms with van der Waals surface area (Å²) < 4.78 is 27.1. The second kappa shape index (κ2) is 6.21. The topological polar surface area (TPSA) is 0 Å². The Balaban J connectivity index is 2.22. The number of alkyl halides is 1. The molecule has 0 saturated heterocycles. The Morgan fingerprint density at radius 2 is 1.74 bits per heavy atom. The lowest BCUT2D eigenvalue weighted by Crippen LogP contribution is -1.99. The van der Waals surface area contributed by atoms with Crippen LogP contribution in [-0.2, 0) is 6.42 Å². The molecule has 0 N–H and O–H groups in total. The normalized spacial score (nSPS) is 12.5. The molecule has 0 nitrogen and oxygen atoms in total. The van der Waals surface area contributed by atoms with E-state index in [0.29, 0.717) is 21.5 Å². The molecule has 0 aliphatic heterocycles. The van der Waals surface area contributed by atoms with E-state index >= 15 is 0 Å². The van der Waals surface area contributed by atoms with Gasteiger partial charge in [-0.1, -0.05) is 23.7 Å². The molecule has 0 amide bonds. The van der Waals surface area contributed by atoms with Crippen LogP contribution in [0.3, 0.4) is 0 Å². The first-order valence-electron chi connectivity index (χ1n) is 5.50. The van der Waals surface area contributed by atoms with E-state index in [2.05, 4.69) is 15.9 Å². The van der Waals surface area contributed by atoms with Crippen molar-refractivity contribution in [3.8, 4) is 0 Å². The largest absolute Gasteiger partial charge is 0.207 e. The van der Waals surface area contributed by atoms with Crippen LogP contribution < -0.4 is 0 Å². The first kappa shape index (κ1) is 14.8. The Labute approximate surface area is 128 Å². The Hall–Kier alpha value is -0.640. The van der Waals surface area contributed by atoms with E-state index in [1.807, 2.05) is 0 Å².